The van der Waals surface area contributed by atoms with Gasteiger partial charge >= 0.3 is 6.17 Å². The van der Waals surface area contributed by atoms with E-state index in [4.69, 9.17) is 0 Å². The molecule has 84 valence electrons. The third-order valence-corrected chi connectivity index (χ3v) is 2.85. The first-order valence-corrected chi connectivity index (χ1v) is 4.88. The molecule has 0 bridgehead atoms. The number of pyridine rings is 2. The zero-order valence-corrected chi connectivity index (χ0v) is 10.4. The lowest BCUT2D eigenvalue weighted by Gasteiger charge is -1.93. The average molecular weight is 255 g/mol. The van der Waals surface area contributed by atoms with Crippen LogP contribution in [0.3, 0.4) is 0 Å². The SMILES string of the molecule is CC1[n+]2ccccc2-c2cccc[n+]21.[Cl-].[Cl-]. The quantitative estimate of drug-likeness (QED) is 0.418. The molecule has 3 rings (SSSR count). The van der Waals surface area contributed by atoms with Crippen LogP contribution in [-0.4, -0.2) is 0 Å². The summed E-state index contributed by atoms with van der Waals surface area (Å²) in [5, 5.41) is 0. The van der Waals surface area contributed by atoms with Crippen molar-refractivity contribution in [1.82, 2.24) is 0 Å². The lowest BCUT2D eigenvalue weighted by atomic mass is 10.2. The number of aromatic nitrogens is 2. The molecule has 0 amide bonds. The van der Waals surface area contributed by atoms with Crippen molar-refractivity contribution in [2.24, 2.45) is 0 Å². The van der Waals surface area contributed by atoms with Crippen LogP contribution in [0.25, 0.3) is 11.4 Å². The highest BCUT2D eigenvalue weighted by molar-refractivity contribution is 5.46. The first kappa shape index (κ1) is 12.9. The molecule has 0 aliphatic carbocycles. The van der Waals surface area contributed by atoms with Crippen molar-refractivity contribution in [3.05, 3.63) is 48.8 Å². The van der Waals surface area contributed by atoms with E-state index >= 15 is 0 Å². The minimum Gasteiger partial charge on any atom is -1.00 e. The normalized spacial score (nSPS) is 12.1. The topological polar surface area (TPSA) is 7.76 Å². The summed E-state index contributed by atoms with van der Waals surface area (Å²) in [7, 11) is 0. The fourth-order valence-corrected chi connectivity index (χ4v) is 2.13. The molecule has 2 aromatic rings. The second kappa shape index (κ2) is 4.81. The Kier molecular flexibility index (Phi) is 3.89. The Morgan fingerprint density at radius 3 is 1.69 bits per heavy atom. The maximum atomic E-state index is 2.29. The van der Waals surface area contributed by atoms with Gasteiger partial charge in [-0.25, -0.2) is 0 Å². The Morgan fingerprint density at radius 1 is 0.812 bits per heavy atom. The molecule has 0 radical (unpaired) electrons. The molecule has 4 heteroatoms. The van der Waals surface area contributed by atoms with Gasteiger partial charge in [0.25, 0.3) is 11.4 Å². The molecule has 0 unspecified atom stereocenters. The predicted molar refractivity (Wildman–Crippen MR) is 52.4 cm³/mol. The van der Waals surface area contributed by atoms with Crippen LogP contribution in [0.5, 0.6) is 0 Å². The number of rotatable bonds is 0. The van der Waals surface area contributed by atoms with E-state index in [2.05, 4.69) is 64.8 Å². The molecular formula is C12H12Cl2N2. The van der Waals surface area contributed by atoms with Gasteiger partial charge in [-0.2, -0.15) is 0 Å². The van der Waals surface area contributed by atoms with Crippen LogP contribution in [0.15, 0.2) is 48.8 Å². The lowest BCUT2D eigenvalue weighted by molar-refractivity contribution is -0.906. The van der Waals surface area contributed by atoms with Crippen molar-refractivity contribution in [2.45, 2.75) is 13.1 Å². The number of halogens is 2. The summed E-state index contributed by atoms with van der Waals surface area (Å²) in [4.78, 5) is 0. The van der Waals surface area contributed by atoms with Crippen molar-refractivity contribution in [3.8, 4) is 11.4 Å². The maximum Gasteiger partial charge on any atom is 0.350 e. The number of nitrogens with zero attached hydrogens (tertiary/aromatic N) is 2. The molecule has 0 spiro atoms. The van der Waals surface area contributed by atoms with Gasteiger partial charge in [0, 0.05) is 24.3 Å². The smallest absolute Gasteiger partial charge is 0.350 e. The summed E-state index contributed by atoms with van der Waals surface area (Å²) in [6.07, 6.45) is 4.66. The summed E-state index contributed by atoms with van der Waals surface area (Å²) in [6.45, 7) is 2.21. The van der Waals surface area contributed by atoms with Crippen LogP contribution in [0.2, 0.25) is 0 Å². The number of fused-ring (bicyclic) bond motifs is 3. The monoisotopic (exact) mass is 254 g/mol. The first-order valence-electron chi connectivity index (χ1n) is 4.88. The number of hydrogen-bond acceptors (Lipinski definition) is 0. The van der Waals surface area contributed by atoms with Gasteiger partial charge in [-0.3, -0.25) is 0 Å². The molecule has 0 fully saturated rings. The second-order valence-corrected chi connectivity index (χ2v) is 3.62. The van der Waals surface area contributed by atoms with E-state index in [1.807, 2.05) is 0 Å². The Morgan fingerprint density at radius 2 is 1.25 bits per heavy atom. The third kappa shape index (κ3) is 1.68. The molecular weight excluding hydrogens is 243 g/mol. The number of hydrogen-bond donors (Lipinski definition) is 0. The first-order chi connectivity index (χ1) is 6.88. The third-order valence-electron chi connectivity index (χ3n) is 2.85. The van der Waals surface area contributed by atoms with Crippen molar-refractivity contribution in [2.75, 3.05) is 0 Å². The van der Waals surface area contributed by atoms with Crippen LogP contribution in [0.4, 0.5) is 0 Å². The van der Waals surface area contributed by atoms with Crippen LogP contribution < -0.4 is 33.9 Å². The summed E-state index contributed by atoms with van der Waals surface area (Å²) in [5.41, 5.74) is 2.58. The van der Waals surface area contributed by atoms with E-state index in [0.29, 0.717) is 6.17 Å². The van der Waals surface area contributed by atoms with Crippen molar-refractivity contribution < 1.29 is 33.9 Å². The van der Waals surface area contributed by atoms with Crippen LogP contribution in [-0.2, 0) is 0 Å². The van der Waals surface area contributed by atoms with E-state index in [0.717, 1.165) is 0 Å². The molecule has 2 nitrogen and oxygen atoms in total. The van der Waals surface area contributed by atoms with Crippen molar-refractivity contribution >= 4 is 0 Å². The molecule has 0 atom stereocenters. The molecule has 0 N–H and O–H groups in total. The Balaban J connectivity index is 0.000000640. The molecule has 16 heavy (non-hydrogen) atoms. The molecule has 3 heterocycles. The lowest BCUT2D eigenvalue weighted by Crippen LogP contribution is -3.00. The molecule has 1 aliphatic rings. The largest absolute Gasteiger partial charge is 1.00 e. The summed E-state index contributed by atoms with van der Waals surface area (Å²) < 4.78 is 4.57. The van der Waals surface area contributed by atoms with Gasteiger partial charge in [-0.05, 0) is 12.1 Å². The van der Waals surface area contributed by atoms with Gasteiger partial charge in [-0.15, -0.1) is 9.13 Å². The van der Waals surface area contributed by atoms with Crippen LogP contribution in [0, 0.1) is 0 Å². The predicted octanol–water partition coefficient (Wildman–Crippen LogP) is -4.68. The van der Waals surface area contributed by atoms with Crippen molar-refractivity contribution in [1.29, 1.82) is 0 Å². The summed E-state index contributed by atoms with van der Waals surface area (Å²) in [6, 6.07) is 12.6. The molecule has 0 saturated carbocycles. The van der Waals surface area contributed by atoms with E-state index in [1.165, 1.54) is 11.4 Å². The van der Waals surface area contributed by atoms with Gasteiger partial charge in [-0.1, -0.05) is 0 Å². The van der Waals surface area contributed by atoms with E-state index in [-0.39, 0.29) is 24.8 Å². The van der Waals surface area contributed by atoms with Crippen LogP contribution >= 0.6 is 0 Å². The van der Waals surface area contributed by atoms with Crippen LogP contribution in [0.1, 0.15) is 13.1 Å². The average Bonchev–Trinajstić information content (AvgIpc) is 2.55. The minimum atomic E-state index is 0. The molecule has 0 aromatic carbocycles. The fraction of sp³-hybridized carbons (Fsp3) is 0.167. The zero-order valence-electron chi connectivity index (χ0n) is 8.85. The molecule has 0 saturated heterocycles. The Hall–Kier alpha value is -1.12. The van der Waals surface area contributed by atoms with Gasteiger partial charge in [0.15, 0.2) is 12.4 Å². The highest BCUT2D eigenvalue weighted by Crippen LogP contribution is 2.17. The fourth-order valence-electron chi connectivity index (χ4n) is 2.13. The second-order valence-electron chi connectivity index (χ2n) is 3.62. The zero-order chi connectivity index (χ0) is 9.54. The molecule has 2 aromatic heterocycles. The standard InChI is InChI=1S/C12H12N2.2ClH/c1-10-13-8-4-2-6-11(13)12-7-3-5-9-14(10)12;;/h2-10H,1H3;2*1H/q+2;;/p-2. The van der Waals surface area contributed by atoms with Gasteiger partial charge in [0.05, 0.1) is 6.92 Å². The maximum absolute atomic E-state index is 2.29. The Bertz CT molecular complexity index is 454. The van der Waals surface area contributed by atoms with E-state index in [1.54, 1.807) is 0 Å². The van der Waals surface area contributed by atoms with Gasteiger partial charge < -0.3 is 24.8 Å². The van der Waals surface area contributed by atoms with E-state index in [9.17, 15) is 0 Å². The Labute approximate surface area is 107 Å². The summed E-state index contributed by atoms with van der Waals surface area (Å²) in [5.74, 6) is 0. The van der Waals surface area contributed by atoms with Gasteiger partial charge in [0.1, 0.15) is 0 Å². The van der Waals surface area contributed by atoms with E-state index < -0.39 is 0 Å². The highest BCUT2D eigenvalue weighted by Gasteiger charge is 2.39. The minimum absolute atomic E-state index is 0. The summed E-state index contributed by atoms with van der Waals surface area (Å²) >= 11 is 0. The molecule has 1 aliphatic heterocycles. The van der Waals surface area contributed by atoms with Crippen molar-refractivity contribution in [3.63, 3.8) is 0 Å². The highest BCUT2D eigenvalue weighted by atomic mass is 35.5. The van der Waals surface area contributed by atoms with Gasteiger partial charge in [0.2, 0.25) is 0 Å².